The molecule has 5 nitrogen and oxygen atoms in total. The summed E-state index contributed by atoms with van der Waals surface area (Å²) in [6, 6.07) is 20.8. The number of nitrogens with zero attached hydrogens (tertiary/aromatic N) is 2. The molecule has 0 radical (unpaired) electrons. The third-order valence-electron chi connectivity index (χ3n) is 8.60. The van der Waals surface area contributed by atoms with Gasteiger partial charge in [-0.2, -0.15) is 0 Å². The number of carbonyl (C=O) groups excluding carboxylic acids is 2. The molecule has 0 saturated carbocycles. The van der Waals surface area contributed by atoms with E-state index in [9.17, 15) is 14.0 Å². The summed E-state index contributed by atoms with van der Waals surface area (Å²) in [7, 11) is 0. The van der Waals surface area contributed by atoms with Crippen LogP contribution in [0.2, 0.25) is 0 Å². The highest BCUT2D eigenvalue weighted by atomic mass is 19.1. The second kappa shape index (κ2) is 14.0. The van der Waals surface area contributed by atoms with Crippen LogP contribution in [0.25, 0.3) is 0 Å². The van der Waals surface area contributed by atoms with Crippen LogP contribution < -0.4 is 0 Å². The maximum Gasteiger partial charge on any atom is 0.338 e. The summed E-state index contributed by atoms with van der Waals surface area (Å²) in [5, 5.41) is 0. The van der Waals surface area contributed by atoms with Crippen LogP contribution in [0.5, 0.6) is 0 Å². The predicted molar refractivity (Wildman–Crippen MR) is 159 cm³/mol. The maximum absolute atomic E-state index is 13.3. The number of Topliss-reactive ketones (excluding diaryl/α,β-unsaturated/α-hetero) is 1. The fraction of sp³-hybridized carbons (Fsp3) is 0.429. The minimum absolute atomic E-state index is 0.198. The first-order valence-corrected chi connectivity index (χ1v) is 15.1. The predicted octanol–water partition coefficient (Wildman–Crippen LogP) is 6.48. The number of benzene rings is 3. The van der Waals surface area contributed by atoms with E-state index < -0.39 is 0 Å². The number of likely N-dealkylation sites (tertiary alicyclic amines) is 1. The smallest absolute Gasteiger partial charge is 0.338 e. The molecule has 2 heterocycles. The van der Waals surface area contributed by atoms with Gasteiger partial charge in [-0.05, 0) is 111 Å². The Hall–Kier alpha value is -3.35. The zero-order valence-corrected chi connectivity index (χ0v) is 24.1. The van der Waals surface area contributed by atoms with E-state index in [1.165, 1.54) is 28.8 Å². The number of rotatable bonds is 10. The Morgan fingerprint density at radius 3 is 2.02 bits per heavy atom. The lowest BCUT2D eigenvalue weighted by atomic mass is 9.89. The fourth-order valence-corrected chi connectivity index (χ4v) is 6.08. The molecule has 0 amide bonds. The lowest BCUT2D eigenvalue weighted by molar-refractivity contribution is 0.0526. The van der Waals surface area contributed by atoms with Crippen molar-refractivity contribution in [3.63, 3.8) is 0 Å². The summed E-state index contributed by atoms with van der Waals surface area (Å²) in [5.41, 5.74) is 6.40. The number of halogens is 1. The summed E-state index contributed by atoms with van der Waals surface area (Å²) in [5.74, 6) is 0.368. The summed E-state index contributed by atoms with van der Waals surface area (Å²) < 4.78 is 18.3. The molecule has 3 aromatic carbocycles. The molecule has 216 valence electrons. The number of esters is 1. The van der Waals surface area contributed by atoms with Gasteiger partial charge in [0.2, 0.25) is 0 Å². The van der Waals surface area contributed by atoms with Crippen LogP contribution in [0.15, 0.2) is 66.7 Å². The molecule has 5 rings (SSSR count). The average Bonchev–Trinajstić information content (AvgIpc) is 3.20. The second-order valence-electron chi connectivity index (χ2n) is 11.5. The lowest BCUT2D eigenvalue weighted by Gasteiger charge is -2.32. The normalized spacial score (nSPS) is 16.6. The highest BCUT2D eigenvalue weighted by Crippen LogP contribution is 2.25. The van der Waals surface area contributed by atoms with E-state index in [0.29, 0.717) is 24.5 Å². The highest BCUT2D eigenvalue weighted by Gasteiger charge is 2.21. The first kappa shape index (κ1) is 29.2. The van der Waals surface area contributed by atoms with E-state index >= 15 is 0 Å². The van der Waals surface area contributed by atoms with E-state index in [1.807, 2.05) is 49.4 Å². The van der Waals surface area contributed by atoms with Crippen LogP contribution in [-0.4, -0.2) is 54.3 Å². The van der Waals surface area contributed by atoms with Gasteiger partial charge in [-0.15, -0.1) is 0 Å². The molecule has 0 spiro atoms. The Bertz CT molecular complexity index is 1310. The van der Waals surface area contributed by atoms with Crippen LogP contribution in [0.3, 0.4) is 0 Å². The highest BCUT2D eigenvalue weighted by molar-refractivity contribution is 5.96. The zero-order valence-electron chi connectivity index (χ0n) is 24.1. The van der Waals surface area contributed by atoms with Gasteiger partial charge in [-0.1, -0.05) is 36.4 Å². The molecule has 3 aromatic rings. The molecule has 2 aliphatic rings. The van der Waals surface area contributed by atoms with Crippen molar-refractivity contribution in [2.45, 2.75) is 58.5 Å². The number of piperidine rings is 1. The number of ether oxygens (including phenoxy) is 1. The minimum atomic E-state index is -0.273. The first-order chi connectivity index (χ1) is 20.0. The van der Waals surface area contributed by atoms with Crippen molar-refractivity contribution in [3.8, 4) is 0 Å². The molecule has 0 aromatic heterocycles. The Morgan fingerprint density at radius 2 is 1.37 bits per heavy atom. The zero-order chi connectivity index (χ0) is 28.6. The molecule has 1 saturated heterocycles. The van der Waals surface area contributed by atoms with E-state index in [4.69, 9.17) is 4.74 Å². The van der Waals surface area contributed by atoms with Crippen LogP contribution >= 0.6 is 0 Å². The van der Waals surface area contributed by atoms with Crippen LogP contribution in [0.1, 0.15) is 75.6 Å². The Kier molecular flexibility index (Phi) is 9.97. The average molecular weight is 557 g/mol. The van der Waals surface area contributed by atoms with E-state index in [0.717, 1.165) is 82.5 Å². The minimum Gasteiger partial charge on any atom is -0.462 e. The maximum atomic E-state index is 13.3. The summed E-state index contributed by atoms with van der Waals surface area (Å²) >= 11 is 0. The van der Waals surface area contributed by atoms with Crippen LogP contribution in [-0.2, 0) is 30.7 Å². The van der Waals surface area contributed by atoms with Crippen molar-refractivity contribution < 1.29 is 18.7 Å². The monoisotopic (exact) mass is 556 g/mol. The molecule has 0 atom stereocenters. The van der Waals surface area contributed by atoms with E-state index in [2.05, 4.69) is 21.9 Å². The van der Waals surface area contributed by atoms with Crippen molar-refractivity contribution >= 4 is 11.8 Å². The largest absolute Gasteiger partial charge is 0.462 e. The van der Waals surface area contributed by atoms with Gasteiger partial charge in [0.05, 0.1) is 12.2 Å². The number of carbonyl (C=O) groups is 2. The quantitative estimate of drug-likeness (QED) is 0.211. The summed E-state index contributed by atoms with van der Waals surface area (Å²) in [4.78, 5) is 29.9. The molecular formula is C35H41FN2O3. The molecule has 41 heavy (non-hydrogen) atoms. The van der Waals surface area contributed by atoms with Gasteiger partial charge in [-0.25, -0.2) is 9.18 Å². The number of fused-ring (bicyclic) bond motifs is 1. The molecule has 0 bridgehead atoms. The number of hydrogen-bond donors (Lipinski definition) is 0. The van der Waals surface area contributed by atoms with Gasteiger partial charge in [0.15, 0.2) is 5.78 Å². The number of ketones is 1. The lowest BCUT2D eigenvalue weighted by Crippen LogP contribution is -2.33. The van der Waals surface area contributed by atoms with Gasteiger partial charge in [0.1, 0.15) is 5.82 Å². The van der Waals surface area contributed by atoms with Crippen molar-refractivity contribution in [2.24, 2.45) is 5.92 Å². The molecule has 0 N–H and O–H groups in total. The second-order valence-corrected chi connectivity index (χ2v) is 11.5. The van der Waals surface area contributed by atoms with E-state index in [-0.39, 0.29) is 17.6 Å². The van der Waals surface area contributed by atoms with E-state index in [1.54, 1.807) is 0 Å². The Morgan fingerprint density at radius 1 is 0.780 bits per heavy atom. The first-order valence-electron chi connectivity index (χ1n) is 15.1. The van der Waals surface area contributed by atoms with Crippen LogP contribution in [0.4, 0.5) is 4.39 Å². The van der Waals surface area contributed by atoms with Gasteiger partial charge < -0.3 is 4.74 Å². The molecule has 0 unspecified atom stereocenters. The SMILES string of the molecule is CCOC(=O)c1ccc(CN2CCC(CCC(=O)c3ccc4c(c3)CCN(Cc3ccc(F)cc3)CC4)CC2)cc1. The van der Waals surface area contributed by atoms with Crippen molar-refractivity contribution in [1.29, 1.82) is 0 Å². The molecular weight excluding hydrogens is 515 g/mol. The third-order valence-corrected chi connectivity index (χ3v) is 8.60. The standard InChI is InChI=1S/C35H41FN2O3/c1-2-41-35(40)30-8-3-27(4-9-30)24-37-19-15-26(16-20-37)7-14-34(39)32-11-10-29-17-21-38(22-18-31(29)23-32)25-28-5-12-33(36)13-6-28/h3-6,8-13,23,26H,2,7,14-22,24-25H2,1H3. The molecule has 1 fully saturated rings. The Labute approximate surface area is 243 Å². The van der Waals surface area contributed by atoms with Gasteiger partial charge in [-0.3, -0.25) is 14.6 Å². The molecule has 0 aliphatic carbocycles. The van der Waals surface area contributed by atoms with Crippen molar-refractivity contribution in [2.75, 3.05) is 32.8 Å². The van der Waals surface area contributed by atoms with Gasteiger partial charge >= 0.3 is 5.97 Å². The van der Waals surface area contributed by atoms with Crippen LogP contribution in [0, 0.1) is 11.7 Å². The van der Waals surface area contributed by atoms with Gasteiger partial charge in [0.25, 0.3) is 0 Å². The summed E-state index contributed by atoms with van der Waals surface area (Å²) in [6.07, 6.45) is 5.68. The fourth-order valence-electron chi connectivity index (χ4n) is 6.08. The molecule has 6 heteroatoms. The topological polar surface area (TPSA) is 49.9 Å². The summed E-state index contributed by atoms with van der Waals surface area (Å²) in [6.45, 7) is 7.87. The number of hydrogen-bond acceptors (Lipinski definition) is 5. The van der Waals surface area contributed by atoms with Crippen molar-refractivity contribution in [1.82, 2.24) is 9.80 Å². The third kappa shape index (κ3) is 8.11. The molecule has 2 aliphatic heterocycles. The van der Waals surface area contributed by atoms with Gasteiger partial charge in [0, 0.05) is 38.2 Å². The Balaban J connectivity index is 1.05. The van der Waals surface area contributed by atoms with Crippen molar-refractivity contribution in [3.05, 3.63) is 106 Å².